The number of rotatable bonds is 3. The van der Waals surface area contributed by atoms with Gasteiger partial charge in [-0.05, 0) is 23.5 Å². The van der Waals surface area contributed by atoms with E-state index in [4.69, 9.17) is 0 Å². The van der Waals surface area contributed by atoms with Crippen LogP contribution in [-0.2, 0) is 6.42 Å². The van der Waals surface area contributed by atoms with Crippen molar-refractivity contribution in [3.8, 4) is 0 Å². The molecule has 0 unspecified atom stereocenters. The summed E-state index contributed by atoms with van der Waals surface area (Å²) >= 11 is 1.16. The highest BCUT2D eigenvalue weighted by Gasteiger charge is 2.10. The third-order valence-electron chi connectivity index (χ3n) is 2.05. The van der Waals surface area contributed by atoms with Crippen molar-refractivity contribution in [1.29, 1.82) is 0 Å². The van der Waals surface area contributed by atoms with Crippen LogP contribution in [0.25, 0.3) is 0 Å². The monoisotopic (exact) mass is 220 g/mol. The first-order valence-corrected chi connectivity index (χ1v) is 5.47. The molecule has 1 aromatic heterocycles. The van der Waals surface area contributed by atoms with Gasteiger partial charge in [-0.15, -0.1) is 0 Å². The molecule has 0 atom stereocenters. The van der Waals surface area contributed by atoms with Crippen LogP contribution < -0.4 is 0 Å². The number of hydrogen-bond acceptors (Lipinski definition) is 2. The first-order chi connectivity index (χ1) is 6.86. The fraction of sp³-hybridized carbons (Fsp3) is 0.0833. The third kappa shape index (κ3) is 3.01. The van der Waals surface area contributed by atoms with Gasteiger partial charge < -0.3 is 5.48 Å². The maximum Gasteiger partial charge on any atom is 0.172 e. The SMILES string of the molecule is O=C(Cc1ccc[sH+]1)c1ccccc1.[OH-]. The van der Waals surface area contributed by atoms with Crippen molar-refractivity contribution in [2.75, 3.05) is 0 Å². The van der Waals surface area contributed by atoms with Gasteiger partial charge in [0.25, 0.3) is 0 Å². The highest BCUT2D eigenvalue weighted by Crippen LogP contribution is 2.12. The van der Waals surface area contributed by atoms with Crippen LogP contribution in [0.2, 0.25) is 0 Å². The van der Waals surface area contributed by atoms with E-state index in [0.29, 0.717) is 6.42 Å². The van der Waals surface area contributed by atoms with E-state index in [1.807, 2.05) is 47.8 Å². The maximum atomic E-state index is 11.7. The zero-order chi connectivity index (χ0) is 9.80. The topological polar surface area (TPSA) is 47.1 Å². The Morgan fingerprint density at radius 3 is 2.40 bits per heavy atom. The average molecular weight is 220 g/mol. The average Bonchev–Trinajstić information content (AvgIpc) is 2.72. The van der Waals surface area contributed by atoms with Gasteiger partial charge in [-0.1, -0.05) is 30.3 Å². The highest BCUT2D eigenvalue weighted by molar-refractivity contribution is 7.10. The molecule has 0 spiro atoms. The maximum absolute atomic E-state index is 11.7. The van der Waals surface area contributed by atoms with E-state index in [1.54, 1.807) is 0 Å². The smallest absolute Gasteiger partial charge is 0.172 e. The van der Waals surface area contributed by atoms with Crippen LogP contribution in [0.15, 0.2) is 47.8 Å². The number of Topliss-reactive ketones (excluding diaryl/α,β-unsaturated/α-hetero) is 1. The van der Waals surface area contributed by atoms with Gasteiger partial charge in [-0.25, -0.2) is 0 Å². The minimum absolute atomic E-state index is 0. The Morgan fingerprint density at radius 2 is 1.80 bits per heavy atom. The Morgan fingerprint density at radius 1 is 1.07 bits per heavy atom. The van der Waals surface area contributed by atoms with Crippen molar-refractivity contribution in [3.05, 3.63) is 58.3 Å². The van der Waals surface area contributed by atoms with Crippen molar-refractivity contribution in [1.82, 2.24) is 0 Å². The molecule has 2 nitrogen and oxygen atoms in total. The third-order valence-corrected chi connectivity index (χ3v) is 3.01. The van der Waals surface area contributed by atoms with Gasteiger partial charge in [0.2, 0.25) is 0 Å². The minimum Gasteiger partial charge on any atom is -0.870 e. The van der Waals surface area contributed by atoms with E-state index in [2.05, 4.69) is 0 Å². The van der Waals surface area contributed by atoms with E-state index in [-0.39, 0.29) is 11.3 Å². The Hall–Kier alpha value is -1.45. The lowest BCUT2D eigenvalue weighted by Gasteiger charge is -1.95. The van der Waals surface area contributed by atoms with Crippen LogP contribution in [0.5, 0.6) is 0 Å². The number of ketones is 1. The number of thiophene rings is 1. The molecule has 15 heavy (non-hydrogen) atoms. The zero-order valence-corrected chi connectivity index (χ0v) is 9.02. The predicted octanol–water partition coefficient (Wildman–Crippen LogP) is 2.73. The molecule has 1 N–H and O–H groups in total. The van der Waals surface area contributed by atoms with Crippen molar-refractivity contribution < 1.29 is 10.3 Å². The second-order valence-corrected chi connectivity index (χ2v) is 4.23. The molecule has 0 fully saturated rings. The van der Waals surface area contributed by atoms with Gasteiger partial charge in [0.05, 0.1) is 6.42 Å². The molecular weight excluding hydrogens is 208 g/mol. The molecule has 2 rings (SSSR count). The van der Waals surface area contributed by atoms with Gasteiger partial charge in [-0.3, -0.25) is 4.79 Å². The van der Waals surface area contributed by atoms with Crippen LogP contribution in [-0.4, -0.2) is 11.3 Å². The molecule has 0 radical (unpaired) electrons. The number of benzene rings is 1. The molecule has 0 saturated heterocycles. The van der Waals surface area contributed by atoms with Crippen LogP contribution in [0.4, 0.5) is 0 Å². The minimum atomic E-state index is 0. The fourth-order valence-corrected chi connectivity index (χ4v) is 2.10. The molecule has 0 aliphatic rings. The standard InChI is InChI=1S/C12H10OS.H2O/c13-12(9-11-7-4-8-14-11)10-5-2-1-3-6-10;/h1-8H,9H2;1H2. The van der Waals surface area contributed by atoms with Gasteiger partial charge in [0, 0.05) is 5.56 Å². The quantitative estimate of drug-likeness (QED) is 0.589. The molecule has 0 aliphatic heterocycles. The van der Waals surface area contributed by atoms with Gasteiger partial charge in [-0.2, -0.15) is 0 Å². The lowest BCUT2D eigenvalue weighted by molar-refractivity contribution is 0.0994. The zero-order valence-electron chi connectivity index (χ0n) is 8.13. The molecule has 78 valence electrons. The number of carbonyl (C=O) groups is 1. The van der Waals surface area contributed by atoms with Crippen molar-refractivity contribution >= 4 is 17.1 Å². The van der Waals surface area contributed by atoms with E-state index in [0.717, 1.165) is 16.9 Å². The summed E-state index contributed by atoms with van der Waals surface area (Å²) in [6.45, 7) is 0. The Balaban J connectivity index is 0.00000112. The van der Waals surface area contributed by atoms with Gasteiger partial charge >= 0.3 is 0 Å². The summed E-state index contributed by atoms with van der Waals surface area (Å²) in [6.07, 6.45) is 0.540. The first kappa shape index (κ1) is 11.6. The molecule has 0 amide bonds. The lowest BCUT2D eigenvalue weighted by atomic mass is 10.1. The number of hydrogen-bond donors (Lipinski definition) is 0. The Bertz CT molecular complexity index is 406. The number of carbonyl (C=O) groups excluding carboxylic acids is 1. The van der Waals surface area contributed by atoms with E-state index < -0.39 is 0 Å². The van der Waals surface area contributed by atoms with Crippen molar-refractivity contribution in [2.45, 2.75) is 6.42 Å². The fourth-order valence-electron chi connectivity index (χ4n) is 1.33. The first-order valence-electron chi connectivity index (χ1n) is 4.51. The van der Waals surface area contributed by atoms with E-state index in [9.17, 15) is 4.79 Å². The molecule has 0 bridgehead atoms. The molecule has 0 saturated carbocycles. The van der Waals surface area contributed by atoms with Gasteiger partial charge in [0.1, 0.15) is 5.38 Å². The molecular formula is C12H12O2S. The summed E-state index contributed by atoms with van der Waals surface area (Å²) in [5.41, 5.74) is 0.801. The molecule has 2 aromatic rings. The van der Waals surface area contributed by atoms with Crippen molar-refractivity contribution in [3.63, 3.8) is 0 Å². The molecule has 1 aromatic carbocycles. The van der Waals surface area contributed by atoms with Crippen LogP contribution >= 0.6 is 11.3 Å². The van der Waals surface area contributed by atoms with Crippen LogP contribution in [0.3, 0.4) is 0 Å². The summed E-state index contributed by atoms with van der Waals surface area (Å²) < 4.78 is 0. The second-order valence-electron chi connectivity index (χ2n) is 3.09. The van der Waals surface area contributed by atoms with Crippen molar-refractivity contribution in [2.24, 2.45) is 0 Å². The second kappa shape index (κ2) is 5.44. The summed E-state index contributed by atoms with van der Waals surface area (Å²) in [4.78, 5) is 12.9. The normalized spacial score (nSPS) is 9.33. The van der Waals surface area contributed by atoms with E-state index in [1.165, 1.54) is 4.88 Å². The molecule has 3 heteroatoms. The largest absolute Gasteiger partial charge is 0.870 e. The van der Waals surface area contributed by atoms with E-state index >= 15 is 0 Å². The van der Waals surface area contributed by atoms with Crippen LogP contribution in [0, 0.1) is 0 Å². The highest BCUT2D eigenvalue weighted by atomic mass is 32.1. The summed E-state index contributed by atoms with van der Waals surface area (Å²) in [7, 11) is 0. The summed E-state index contributed by atoms with van der Waals surface area (Å²) in [5.74, 6) is 0.202. The molecule has 0 aliphatic carbocycles. The summed E-state index contributed by atoms with van der Waals surface area (Å²) in [6, 6.07) is 13.5. The summed E-state index contributed by atoms with van der Waals surface area (Å²) in [5, 5.41) is 2.05. The van der Waals surface area contributed by atoms with Gasteiger partial charge in [0.15, 0.2) is 10.7 Å². The predicted molar refractivity (Wildman–Crippen MR) is 62.1 cm³/mol. The lowest BCUT2D eigenvalue weighted by Crippen LogP contribution is -2.01. The Kier molecular flexibility index (Phi) is 4.21. The molecule has 1 heterocycles. The van der Waals surface area contributed by atoms with Crippen LogP contribution in [0.1, 0.15) is 15.2 Å². The Labute approximate surface area is 92.5 Å².